The molecule has 1 aliphatic heterocycles. The highest BCUT2D eigenvalue weighted by Crippen LogP contribution is 2.07. The number of carbonyl (C=O) groups is 3. The monoisotopic (exact) mass is 495 g/mol. The van der Waals surface area contributed by atoms with Gasteiger partial charge in [0, 0.05) is 25.2 Å². The van der Waals surface area contributed by atoms with Crippen LogP contribution in [0, 0.1) is 0 Å². The first-order valence-electron chi connectivity index (χ1n) is 11.3. The van der Waals surface area contributed by atoms with Crippen LogP contribution in [0.4, 0.5) is 0 Å². The maximum Gasteiger partial charge on any atom is 0.330 e. The summed E-state index contributed by atoms with van der Waals surface area (Å²) in [6, 6.07) is 18.9. The van der Waals surface area contributed by atoms with E-state index in [1.54, 1.807) is 4.90 Å². The first kappa shape index (κ1) is 29.9. The lowest BCUT2D eigenvalue weighted by Crippen LogP contribution is -2.39. The van der Waals surface area contributed by atoms with Gasteiger partial charge in [-0.1, -0.05) is 68.3 Å². The second-order valence-corrected chi connectivity index (χ2v) is 6.97. The minimum absolute atomic E-state index is 0.00306. The van der Waals surface area contributed by atoms with Crippen molar-refractivity contribution in [3.63, 3.8) is 0 Å². The van der Waals surface area contributed by atoms with Crippen molar-refractivity contribution in [1.82, 2.24) is 4.90 Å². The molecule has 3 rings (SSSR count). The Kier molecular flexibility index (Phi) is 15.9. The molecule has 0 spiro atoms. The summed E-state index contributed by atoms with van der Waals surface area (Å²) in [6.45, 7) is 13.6. The summed E-state index contributed by atoms with van der Waals surface area (Å²) in [5.74, 6) is -0.0500. The minimum atomic E-state index is -0.429. The molecule has 1 fully saturated rings. The van der Waals surface area contributed by atoms with Gasteiger partial charge in [0.25, 0.3) is 0 Å². The molecular formula is C28H33NO7. The maximum atomic E-state index is 10.9. The molecule has 0 saturated carbocycles. The van der Waals surface area contributed by atoms with Crippen LogP contribution in [0.3, 0.4) is 0 Å². The van der Waals surface area contributed by atoms with Crippen LogP contribution in [-0.4, -0.2) is 62.3 Å². The van der Waals surface area contributed by atoms with Crippen LogP contribution in [-0.2, 0) is 35.2 Å². The van der Waals surface area contributed by atoms with E-state index in [1.807, 2.05) is 60.7 Å². The van der Waals surface area contributed by atoms with Gasteiger partial charge in [-0.25, -0.2) is 9.59 Å². The molecule has 0 N–H and O–H groups in total. The Morgan fingerprint density at radius 1 is 0.778 bits per heavy atom. The van der Waals surface area contributed by atoms with E-state index in [0.29, 0.717) is 39.5 Å². The van der Waals surface area contributed by atoms with Crippen molar-refractivity contribution in [3.05, 3.63) is 104 Å². The molecule has 1 aliphatic rings. The largest absolute Gasteiger partial charge is 0.490 e. The van der Waals surface area contributed by atoms with Crippen LogP contribution in [0.1, 0.15) is 5.56 Å². The van der Waals surface area contributed by atoms with Gasteiger partial charge in [0.15, 0.2) is 0 Å². The number of esters is 2. The Balaban J connectivity index is 0.000000274. The van der Waals surface area contributed by atoms with E-state index in [4.69, 9.17) is 18.9 Å². The number of benzene rings is 2. The Hall–Kier alpha value is -4.17. The average Bonchev–Trinajstić information content (AvgIpc) is 2.95. The summed E-state index contributed by atoms with van der Waals surface area (Å²) in [5.41, 5.74) is 0.979. The van der Waals surface area contributed by atoms with E-state index in [9.17, 15) is 14.4 Å². The lowest BCUT2D eigenvalue weighted by Gasteiger charge is -2.25. The van der Waals surface area contributed by atoms with Gasteiger partial charge in [0.2, 0.25) is 5.91 Å². The Bertz CT molecular complexity index is 939. The summed E-state index contributed by atoms with van der Waals surface area (Å²) < 4.78 is 19.9. The van der Waals surface area contributed by atoms with Crippen LogP contribution in [0.15, 0.2) is 98.6 Å². The van der Waals surface area contributed by atoms with Gasteiger partial charge in [-0.15, -0.1) is 0 Å². The van der Waals surface area contributed by atoms with E-state index in [-0.39, 0.29) is 18.5 Å². The highest BCUT2D eigenvalue weighted by atomic mass is 16.6. The lowest BCUT2D eigenvalue weighted by atomic mass is 10.2. The molecule has 0 radical (unpaired) electrons. The molecule has 8 nitrogen and oxygen atoms in total. The summed E-state index contributed by atoms with van der Waals surface area (Å²) in [4.78, 5) is 33.9. The second-order valence-electron chi connectivity index (χ2n) is 6.97. The van der Waals surface area contributed by atoms with Crippen LogP contribution in [0.5, 0.6) is 5.75 Å². The van der Waals surface area contributed by atoms with Crippen LogP contribution < -0.4 is 4.74 Å². The number of rotatable bonds is 9. The molecule has 2 aromatic carbocycles. The molecule has 1 saturated heterocycles. The molecule has 1 amide bonds. The molecule has 36 heavy (non-hydrogen) atoms. The third-order valence-corrected chi connectivity index (χ3v) is 4.39. The molecule has 0 aromatic heterocycles. The number of carbonyl (C=O) groups excluding carboxylic acids is 3. The highest BCUT2D eigenvalue weighted by Gasteiger charge is 2.12. The summed E-state index contributed by atoms with van der Waals surface area (Å²) in [6.07, 6.45) is 3.62. The van der Waals surface area contributed by atoms with Gasteiger partial charge < -0.3 is 23.8 Å². The standard InChI is InChI=1S/C11H12O3.C10H10O2.C7H11NO2/c1-2-11(12)14-9-8-13-10-6-4-3-5-7-10;1-2-10(11)12-8-9-6-4-3-5-7-9;1-2-7(9)8-3-5-10-6-4-8/h2-7H,1,8-9H2;2-7H,1,8H2;2H,1,3-6H2. The minimum Gasteiger partial charge on any atom is -0.490 e. The molecule has 0 atom stereocenters. The fourth-order valence-corrected chi connectivity index (χ4v) is 2.58. The zero-order valence-corrected chi connectivity index (χ0v) is 20.4. The number of morpholine rings is 1. The number of hydrogen-bond acceptors (Lipinski definition) is 7. The van der Waals surface area contributed by atoms with Gasteiger partial charge in [-0.05, 0) is 23.8 Å². The lowest BCUT2D eigenvalue weighted by molar-refractivity contribution is -0.139. The molecule has 192 valence electrons. The first-order chi connectivity index (χ1) is 17.5. The van der Waals surface area contributed by atoms with E-state index in [2.05, 4.69) is 19.7 Å². The van der Waals surface area contributed by atoms with Crippen molar-refractivity contribution in [3.8, 4) is 5.75 Å². The normalized spacial score (nSPS) is 11.7. The first-order valence-corrected chi connectivity index (χ1v) is 11.3. The van der Waals surface area contributed by atoms with Gasteiger partial charge >= 0.3 is 11.9 Å². The van der Waals surface area contributed by atoms with Crippen molar-refractivity contribution in [2.24, 2.45) is 0 Å². The Morgan fingerprint density at radius 3 is 1.89 bits per heavy atom. The van der Waals surface area contributed by atoms with Crippen LogP contribution in [0.25, 0.3) is 0 Å². The van der Waals surface area contributed by atoms with E-state index < -0.39 is 5.97 Å². The summed E-state index contributed by atoms with van der Waals surface area (Å²) in [7, 11) is 0. The van der Waals surface area contributed by atoms with Crippen molar-refractivity contribution < 1.29 is 33.3 Å². The van der Waals surface area contributed by atoms with Crippen molar-refractivity contribution in [2.45, 2.75) is 6.61 Å². The number of ether oxygens (including phenoxy) is 4. The molecule has 0 bridgehead atoms. The summed E-state index contributed by atoms with van der Waals surface area (Å²) in [5, 5.41) is 0. The predicted octanol–water partition coefficient (Wildman–Crippen LogP) is 3.74. The quantitative estimate of drug-likeness (QED) is 0.297. The zero-order valence-electron chi connectivity index (χ0n) is 20.4. The molecule has 0 unspecified atom stereocenters. The third-order valence-electron chi connectivity index (χ3n) is 4.39. The van der Waals surface area contributed by atoms with Crippen LogP contribution in [0.2, 0.25) is 0 Å². The average molecular weight is 496 g/mol. The molecule has 2 aromatic rings. The van der Waals surface area contributed by atoms with E-state index in [0.717, 1.165) is 23.5 Å². The number of para-hydroxylation sites is 1. The molecule has 0 aliphatic carbocycles. The van der Waals surface area contributed by atoms with Gasteiger partial charge in [-0.3, -0.25) is 4.79 Å². The Morgan fingerprint density at radius 2 is 1.33 bits per heavy atom. The molecule has 8 heteroatoms. The fraction of sp³-hybridized carbons (Fsp3) is 0.250. The highest BCUT2D eigenvalue weighted by molar-refractivity contribution is 5.87. The number of amides is 1. The van der Waals surface area contributed by atoms with Crippen molar-refractivity contribution >= 4 is 17.8 Å². The van der Waals surface area contributed by atoms with Gasteiger partial charge in [0.1, 0.15) is 25.6 Å². The predicted molar refractivity (Wildman–Crippen MR) is 137 cm³/mol. The Labute approximate surface area is 212 Å². The fourth-order valence-electron chi connectivity index (χ4n) is 2.58. The zero-order chi connectivity index (χ0) is 26.4. The van der Waals surface area contributed by atoms with E-state index in [1.165, 1.54) is 6.08 Å². The van der Waals surface area contributed by atoms with Gasteiger partial charge in [-0.2, -0.15) is 0 Å². The number of nitrogens with zero attached hydrogens (tertiary/aromatic N) is 1. The topological polar surface area (TPSA) is 91.4 Å². The number of hydrogen-bond donors (Lipinski definition) is 0. The maximum absolute atomic E-state index is 10.9. The SMILES string of the molecule is C=CC(=O)N1CCOCC1.C=CC(=O)OCCOc1ccccc1.C=CC(=O)OCc1ccccc1. The second kappa shape index (κ2) is 19.2. The van der Waals surface area contributed by atoms with Gasteiger partial charge in [0.05, 0.1) is 13.2 Å². The third kappa shape index (κ3) is 14.2. The van der Waals surface area contributed by atoms with Crippen molar-refractivity contribution in [1.29, 1.82) is 0 Å². The summed E-state index contributed by atoms with van der Waals surface area (Å²) >= 11 is 0. The van der Waals surface area contributed by atoms with Crippen molar-refractivity contribution in [2.75, 3.05) is 39.5 Å². The smallest absolute Gasteiger partial charge is 0.330 e. The van der Waals surface area contributed by atoms with Crippen LogP contribution >= 0.6 is 0 Å². The molecule has 1 heterocycles. The van der Waals surface area contributed by atoms with E-state index >= 15 is 0 Å². The molecular weight excluding hydrogens is 462 g/mol.